The molecule has 0 fully saturated rings. The maximum absolute atomic E-state index is 10.6. The van der Waals surface area contributed by atoms with E-state index < -0.39 is 0 Å². The molecule has 0 N–H and O–H groups in total. The molecule has 0 atom stereocenters. The van der Waals surface area contributed by atoms with E-state index in [1.165, 1.54) is 0 Å². The van der Waals surface area contributed by atoms with Gasteiger partial charge in [0.2, 0.25) is 5.82 Å². The predicted molar refractivity (Wildman–Crippen MR) is 74.2 cm³/mol. The van der Waals surface area contributed by atoms with E-state index in [-0.39, 0.29) is 0 Å². The van der Waals surface area contributed by atoms with E-state index in [1.54, 1.807) is 16.9 Å². The van der Waals surface area contributed by atoms with E-state index in [2.05, 4.69) is 15.4 Å². The molecule has 3 aromatic rings. The van der Waals surface area contributed by atoms with Crippen LogP contribution in [0.5, 0.6) is 0 Å². The number of hydrogen-bond donors (Lipinski definition) is 0. The maximum atomic E-state index is 10.6. The van der Waals surface area contributed by atoms with Gasteiger partial charge in [0.05, 0.1) is 6.54 Å². The van der Waals surface area contributed by atoms with Crippen molar-refractivity contribution in [1.82, 2.24) is 20.2 Å². The lowest BCUT2D eigenvalue weighted by Crippen LogP contribution is -2.03. The van der Waals surface area contributed by atoms with Gasteiger partial charge in [-0.05, 0) is 10.8 Å². The number of benzene rings is 2. The van der Waals surface area contributed by atoms with Gasteiger partial charge in [-0.1, -0.05) is 54.6 Å². The summed E-state index contributed by atoms with van der Waals surface area (Å²) in [5, 5.41) is 12.4. The van der Waals surface area contributed by atoms with Crippen molar-refractivity contribution in [1.29, 1.82) is 0 Å². The molecule has 1 heterocycles. The monoisotopic (exact) mass is 264 g/mol. The zero-order chi connectivity index (χ0) is 13.8. The summed E-state index contributed by atoms with van der Waals surface area (Å²) in [4.78, 5) is 12.2. The van der Waals surface area contributed by atoms with Crippen molar-refractivity contribution in [2.75, 3.05) is 0 Å². The number of carbonyl (C=O) groups excluding carboxylic acids is 1. The fourth-order valence-electron chi connectivity index (χ4n) is 1.88. The van der Waals surface area contributed by atoms with Crippen LogP contribution >= 0.6 is 0 Å². The smallest absolute Gasteiger partial charge is 0.204 e. The zero-order valence-corrected chi connectivity index (χ0v) is 10.7. The van der Waals surface area contributed by atoms with E-state index in [4.69, 9.17) is 0 Å². The summed E-state index contributed by atoms with van der Waals surface area (Å²) >= 11 is 0. The van der Waals surface area contributed by atoms with Gasteiger partial charge in [0.1, 0.15) is 6.29 Å². The Balaban J connectivity index is 1.80. The van der Waals surface area contributed by atoms with Gasteiger partial charge in [0.15, 0.2) is 0 Å². The fraction of sp³-hybridized carbons (Fsp3) is 0.0667. The van der Waals surface area contributed by atoms with Gasteiger partial charge in [0.25, 0.3) is 0 Å². The Bertz CT molecular complexity index is 704. The quantitative estimate of drug-likeness (QED) is 0.678. The number of nitrogens with zero attached hydrogens (tertiary/aromatic N) is 4. The molecule has 0 spiro atoms. The van der Waals surface area contributed by atoms with Gasteiger partial charge < -0.3 is 0 Å². The summed E-state index contributed by atoms with van der Waals surface area (Å²) in [6.45, 7) is 0.584. The summed E-state index contributed by atoms with van der Waals surface area (Å²) < 4.78 is 0. The molecule has 0 aliphatic heterocycles. The van der Waals surface area contributed by atoms with E-state index in [1.807, 2.05) is 42.5 Å². The van der Waals surface area contributed by atoms with Crippen molar-refractivity contribution in [2.45, 2.75) is 6.54 Å². The molecule has 20 heavy (non-hydrogen) atoms. The zero-order valence-electron chi connectivity index (χ0n) is 10.7. The van der Waals surface area contributed by atoms with Crippen LogP contribution in [-0.2, 0) is 6.54 Å². The van der Waals surface area contributed by atoms with Gasteiger partial charge in [0, 0.05) is 11.1 Å². The Morgan fingerprint density at radius 3 is 2.45 bits per heavy atom. The van der Waals surface area contributed by atoms with E-state index in [9.17, 15) is 4.79 Å². The molecule has 5 heteroatoms. The van der Waals surface area contributed by atoms with Gasteiger partial charge >= 0.3 is 0 Å². The van der Waals surface area contributed by atoms with Crippen molar-refractivity contribution in [3.05, 3.63) is 65.7 Å². The van der Waals surface area contributed by atoms with E-state index >= 15 is 0 Å². The lowest BCUT2D eigenvalue weighted by atomic mass is 10.1. The van der Waals surface area contributed by atoms with Crippen LogP contribution in [0.25, 0.3) is 11.4 Å². The van der Waals surface area contributed by atoms with Crippen LogP contribution in [0.2, 0.25) is 0 Å². The van der Waals surface area contributed by atoms with E-state index in [0.717, 1.165) is 17.4 Å². The first-order valence-corrected chi connectivity index (χ1v) is 6.22. The summed E-state index contributed by atoms with van der Waals surface area (Å²) in [5.74, 6) is 0.554. The molecule has 0 radical (unpaired) electrons. The molecule has 5 nitrogen and oxygen atoms in total. The number of hydrogen-bond acceptors (Lipinski definition) is 4. The number of tetrazole rings is 1. The summed E-state index contributed by atoms with van der Waals surface area (Å²) in [7, 11) is 0. The minimum absolute atomic E-state index is 0.554. The van der Waals surface area contributed by atoms with Crippen LogP contribution in [0.15, 0.2) is 54.6 Å². The molecule has 0 aliphatic rings. The minimum Gasteiger partial charge on any atom is -0.298 e. The lowest BCUT2D eigenvalue weighted by Gasteiger charge is -1.98. The molecule has 0 unspecified atom stereocenters. The standard InChI is InChI=1S/C15H12N4O/c20-11-13-6-8-14(9-7-13)15-16-18-19(17-15)10-12-4-2-1-3-5-12/h1-9,11H,10H2. The van der Waals surface area contributed by atoms with Gasteiger partial charge in [-0.25, -0.2) is 0 Å². The van der Waals surface area contributed by atoms with Crippen LogP contribution < -0.4 is 0 Å². The van der Waals surface area contributed by atoms with Crippen LogP contribution in [-0.4, -0.2) is 26.5 Å². The van der Waals surface area contributed by atoms with Gasteiger partial charge in [-0.15, -0.1) is 10.2 Å². The summed E-state index contributed by atoms with van der Waals surface area (Å²) in [6, 6.07) is 17.1. The second-order valence-electron chi connectivity index (χ2n) is 4.37. The molecule has 1 aromatic heterocycles. The molecule has 0 amide bonds. The van der Waals surface area contributed by atoms with E-state index in [0.29, 0.717) is 17.9 Å². The van der Waals surface area contributed by atoms with Gasteiger partial charge in [-0.2, -0.15) is 4.80 Å². The molecule has 3 rings (SSSR count). The largest absolute Gasteiger partial charge is 0.298 e. The fourth-order valence-corrected chi connectivity index (χ4v) is 1.88. The Hall–Kier alpha value is -2.82. The van der Waals surface area contributed by atoms with Gasteiger partial charge in [-0.3, -0.25) is 4.79 Å². The molecular weight excluding hydrogens is 252 g/mol. The Labute approximate surface area is 115 Å². The first-order valence-electron chi connectivity index (χ1n) is 6.22. The van der Waals surface area contributed by atoms with Crippen LogP contribution in [0.3, 0.4) is 0 Å². The molecule has 0 aliphatic carbocycles. The Morgan fingerprint density at radius 1 is 1.00 bits per heavy atom. The highest BCUT2D eigenvalue weighted by atomic mass is 16.1. The maximum Gasteiger partial charge on any atom is 0.204 e. The van der Waals surface area contributed by atoms with Crippen molar-refractivity contribution < 1.29 is 4.79 Å². The number of aromatic nitrogens is 4. The van der Waals surface area contributed by atoms with Crippen LogP contribution in [0.1, 0.15) is 15.9 Å². The van der Waals surface area contributed by atoms with Crippen molar-refractivity contribution in [3.8, 4) is 11.4 Å². The lowest BCUT2D eigenvalue weighted by molar-refractivity contribution is 0.112. The SMILES string of the molecule is O=Cc1ccc(-c2nnn(Cc3ccccc3)n2)cc1. The third-order valence-electron chi connectivity index (χ3n) is 2.92. The first-order chi connectivity index (χ1) is 9.85. The predicted octanol–water partition coefficient (Wildman–Crippen LogP) is 2.20. The normalized spacial score (nSPS) is 10.4. The third-order valence-corrected chi connectivity index (χ3v) is 2.92. The number of rotatable bonds is 4. The molecule has 0 bridgehead atoms. The average Bonchev–Trinajstić information content (AvgIpc) is 2.97. The molecule has 0 saturated carbocycles. The second kappa shape index (κ2) is 5.44. The molecule has 0 saturated heterocycles. The number of aldehydes is 1. The summed E-state index contributed by atoms with van der Waals surface area (Å²) in [6.07, 6.45) is 0.809. The van der Waals surface area contributed by atoms with Crippen LogP contribution in [0, 0.1) is 0 Å². The highest BCUT2D eigenvalue weighted by molar-refractivity contribution is 5.76. The first kappa shape index (κ1) is 12.2. The summed E-state index contributed by atoms with van der Waals surface area (Å²) in [5.41, 5.74) is 2.59. The third kappa shape index (κ3) is 2.61. The highest BCUT2D eigenvalue weighted by Gasteiger charge is 2.06. The van der Waals surface area contributed by atoms with Crippen molar-refractivity contribution in [2.24, 2.45) is 0 Å². The Kier molecular flexibility index (Phi) is 3.33. The van der Waals surface area contributed by atoms with Crippen molar-refractivity contribution in [3.63, 3.8) is 0 Å². The topological polar surface area (TPSA) is 60.7 Å². The molecular formula is C15H12N4O. The second-order valence-corrected chi connectivity index (χ2v) is 4.37. The minimum atomic E-state index is 0.554. The molecule has 2 aromatic carbocycles. The van der Waals surface area contributed by atoms with Crippen molar-refractivity contribution >= 4 is 6.29 Å². The Morgan fingerprint density at radius 2 is 1.75 bits per heavy atom. The highest BCUT2D eigenvalue weighted by Crippen LogP contribution is 2.14. The molecule has 98 valence electrons. The van der Waals surface area contributed by atoms with Crippen LogP contribution in [0.4, 0.5) is 0 Å². The average molecular weight is 264 g/mol. The number of carbonyl (C=O) groups is 1.